The van der Waals surface area contributed by atoms with Crippen molar-refractivity contribution in [3.8, 4) is 63.2 Å². The molecule has 586 valence electrons. The lowest BCUT2D eigenvalue weighted by Crippen LogP contribution is -2.10. The molecule has 0 amide bonds. The zero-order chi connectivity index (χ0) is 76.6. The zero-order valence-electron chi connectivity index (χ0n) is 65.3. The van der Waals surface area contributed by atoms with E-state index in [1.807, 2.05) is 163 Å². The second-order valence-corrected chi connectivity index (χ2v) is 28.9. The Balaban J connectivity index is 0.000000123. The molecule has 0 spiro atoms. The average Bonchev–Trinajstić information content (AvgIpc) is 1.01. The van der Waals surface area contributed by atoms with Crippen LogP contribution in [0.5, 0.6) is 63.2 Å². The van der Waals surface area contributed by atoms with Gasteiger partial charge >= 0.3 is 0 Å². The number of allylic oxidation sites excluding steroid dienone is 1. The normalized spacial score (nSPS) is 15.9. The van der Waals surface area contributed by atoms with E-state index in [2.05, 4.69) is 133 Å². The first-order valence-corrected chi connectivity index (χ1v) is 41.8. The van der Waals surface area contributed by atoms with Crippen LogP contribution in [0.1, 0.15) is 142 Å². The first kappa shape index (κ1) is 82.3. The summed E-state index contributed by atoms with van der Waals surface area (Å²) in [6.07, 6.45) is 36.3. The lowest BCUT2D eigenvalue weighted by Gasteiger charge is -2.16. The summed E-state index contributed by atoms with van der Waals surface area (Å²) < 4.78 is 60.5. The van der Waals surface area contributed by atoms with E-state index in [9.17, 15) is 0 Å². The predicted octanol–water partition coefficient (Wildman–Crippen LogP) is 24.1. The topological polar surface area (TPSA) is 114 Å². The number of nitrogens with one attached hydrogen (secondary N) is 1. The van der Waals surface area contributed by atoms with Gasteiger partial charge in [-0.2, -0.15) is 0 Å². The van der Waals surface area contributed by atoms with Crippen LogP contribution in [0, 0.1) is 0 Å². The number of aryl methyl sites for hydroxylation is 4. The highest BCUT2D eigenvalue weighted by atomic mass is 32.2. The van der Waals surface area contributed by atoms with Crippen molar-refractivity contribution in [2.24, 2.45) is 0 Å². The maximum absolute atomic E-state index is 5.63. The molecule has 0 saturated carbocycles. The summed E-state index contributed by atoms with van der Waals surface area (Å²) in [4.78, 5) is 1.49. The number of para-hydroxylation sites is 12. The fourth-order valence-electron chi connectivity index (χ4n) is 13.2. The molecule has 12 nitrogen and oxygen atoms in total. The second kappa shape index (κ2) is 49.6. The number of fused-ring (bicyclic) bond motifs is 10. The van der Waals surface area contributed by atoms with Crippen molar-refractivity contribution in [1.82, 2.24) is 0 Å². The summed E-state index contributed by atoms with van der Waals surface area (Å²) in [6.45, 7) is 10.0. The molecule has 112 heavy (non-hydrogen) atoms. The predicted molar refractivity (Wildman–Crippen MR) is 460 cm³/mol. The van der Waals surface area contributed by atoms with Gasteiger partial charge in [-0.05, 0) is 235 Å². The maximum atomic E-state index is 5.63. The first-order chi connectivity index (χ1) is 55.7. The van der Waals surface area contributed by atoms with E-state index >= 15 is 0 Å². The van der Waals surface area contributed by atoms with Gasteiger partial charge in [0.2, 0.25) is 0 Å². The number of thioether (sulfide) groups is 1. The Hall–Kier alpha value is -10.6. The Labute approximate surface area is 670 Å². The minimum Gasteiger partial charge on any atom is -0.493 e. The quantitative estimate of drug-likeness (QED) is 0.156. The molecule has 10 aliphatic heterocycles. The van der Waals surface area contributed by atoms with Gasteiger partial charge < -0.3 is 57.4 Å². The van der Waals surface area contributed by atoms with E-state index in [4.69, 9.17) is 52.1 Å². The number of ether oxygens (including phenoxy) is 11. The summed E-state index contributed by atoms with van der Waals surface area (Å²) in [5.74, 6) is 12.0. The molecule has 0 atom stereocenters. The van der Waals surface area contributed by atoms with Crippen LogP contribution in [-0.2, 0) is 25.7 Å². The van der Waals surface area contributed by atoms with Crippen LogP contribution in [0.25, 0.3) is 18.2 Å². The van der Waals surface area contributed by atoms with E-state index in [0.29, 0.717) is 6.61 Å². The van der Waals surface area contributed by atoms with Crippen molar-refractivity contribution in [3.63, 3.8) is 0 Å². The first-order valence-electron chi connectivity index (χ1n) is 40.8. The van der Waals surface area contributed by atoms with Gasteiger partial charge in [0.05, 0.1) is 71.8 Å². The highest BCUT2D eigenvalue weighted by molar-refractivity contribution is 7.99. The molecule has 10 aromatic rings. The molecule has 0 aromatic heterocycles. The Kier molecular flexibility index (Phi) is 36.5. The van der Waals surface area contributed by atoms with Crippen LogP contribution in [0.2, 0.25) is 0 Å². The fraction of sp³-hybridized carbons (Fsp3) is 0.333. The molecule has 20 rings (SSSR count). The van der Waals surface area contributed by atoms with Gasteiger partial charge in [-0.3, -0.25) is 0 Å². The molecular weight excluding hydrogens is 1410 g/mol. The number of rotatable bonds is 0. The van der Waals surface area contributed by atoms with E-state index in [1.54, 1.807) is 5.56 Å². The van der Waals surface area contributed by atoms with Crippen molar-refractivity contribution in [2.45, 2.75) is 133 Å². The van der Waals surface area contributed by atoms with Crippen molar-refractivity contribution in [2.75, 3.05) is 90.3 Å². The Morgan fingerprint density at radius 2 is 0.554 bits per heavy atom. The fourth-order valence-corrected chi connectivity index (χ4v) is 14.2. The molecule has 10 aromatic carbocycles. The smallest absolute Gasteiger partial charge is 0.161 e. The number of anilines is 1. The van der Waals surface area contributed by atoms with Gasteiger partial charge in [-0.15, -0.1) is 11.8 Å². The SMILES string of the molecule is C1=Cc2ccccc2OC1.C1=Cc2ccccc2OCC1.C1=Cc2ccccc2OCCC1.c1ccc2c(c1)CCCCCO2.c1ccc2c(c1)CCCCO2.c1ccc2c(c1)CCCCO2.c1ccc2c(c1)CCCS2.c1ccc2c(c1)NCCCCO2.c1ccc2c(c1)OCCCCO2.c1ccc2c(c1)OCCCO2. The summed E-state index contributed by atoms with van der Waals surface area (Å²) in [5, 5.41) is 3.34. The Morgan fingerprint density at radius 3 is 1.07 bits per heavy atom. The van der Waals surface area contributed by atoms with Gasteiger partial charge in [0, 0.05) is 34.6 Å². The van der Waals surface area contributed by atoms with Crippen LogP contribution >= 0.6 is 11.8 Å². The van der Waals surface area contributed by atoms with Gasteiger partial charge in [0.1, 0.15) is 46.9 Å². The van der Waals surface area contributed by atoms with Crippen LogP contribution < -0.4 is 57.4 Å². The molecule has 0 bridgehead atoms. The molecule has 13 heteroatoms. The third-order valence-electron chi connectivity index (χ3n) is 19.2. The Bertz CT molecular complexity index is 3980. The average molecular weight is 1530 g/mol. The van der Waals surface area contributed by atoms with Crippen molar-refractivity contribution in [3.05, 3.63) is 300 Å². The summed E-state index contributed by atoms with van der Waals surface area (Å²) in [6, 6.07) is 81.7. The molecular formula is C99H113NO11S. The molecule has 10 heterocycles. The Morgan fingerprint density at radius 1 is 0.223 bits per heavy atom. The highest BCUT2D eigenvalue weighted by Crippen LogP contribution is 2.33. The van der Waals surface area contributed by atoms with E-state index < -0.39 is 0 Å². The number of benzene rings is 10. The van der Waals surface area contributed by atoms with Crippen LogP contribution in [0.3, 0.4) is 0 Å². The van der Waals surface area contributed by atoms with Gasteiger partial charge in [-0.25, -0.2) is 0 Å². The summed E-state index contributed by atoms with van der Waals surface area (Å²) in [7, 11) is 0. The van der Waals surface area contributed by atoms with E-state index in [0.717, 1.165) is 186 Å². The van der Waals surface area contributed by atoms with Crippen LogP contribution in [-0.4, -0.2) is 85.0 Å². The minimum absolute atomic E-state index is 0.705. The van der Waals surface area contributed by atoms with Crippen molar-refractivity contribution >= 4 is 35.7 Å². The molecule has 1 N–H and O–H groups in total. The summed E-state index contributed by atoms with van der Waals surface area (Å²) in [5.41, 5.74) is 10.3. The highest BCUT2D eigenvalue weighted by Gasteiger charge is 2.14. The number of hydrogen-bond donors (Lipinski definition) is 1. The van der Waals surface area contributed by atoms with Gasteiger partial charge in [-0.1, -0.05) is 194 Å². The van der Waals surface area contributed by atoms with Crippen molar-refractivity contribution < 1.29 is 52.1 Å². The third-order valence-corrected chi connectivity index (χ3v) is 20.4. The maximum Gasteiger partial charge on any atom is 0.161 e. The molecule has 0 fully saturated rings. The molecule has 0 unspecified atom stereocenters. The van der Waals surface area contributed by atoms with Gasteiger partial charge in [0.25, 0.3) is 0 Å². The third kappa shape index (κ3) is 29.2. The zero-order valence-corrected chi connectivity index (χ0v) is 66.1. The van der Waals surface area contributed by atoms with E-state index in [-0.39, 0.29) is 0 Å². The summed E-state index contributed by atoms with van der Waals surface area (Å²) >= 11 is 1.99. The molecule has 10 aliphatic rings. The largest absolute Gasteiger partial charge is 0.493 e. The lowest BCUT2D eigenvalue weighted by molar-refractivity contribution is 0.223. The van der Waals surface area contributed by atoms with Crippen LogP contribution in [0.15, 0.2) is 266 Å². The molecule has 0 radical (unpaired) electrons. The second-order valence-electron chi connectivity index (χ2n) is 27.7. The minimum atomic E-state index is 0.705. The molecule has 0 aliphatic carbocycles. The van der Waals surface area contributed by atoms with Crippen molar-refractivity contribution in [1.29, 1.82) is 0 Å². The van der Waals surface area contributed by atoms with Crippen LogP contribution in [0.4, 0.5) is 5.69 Å². The standard InChI is InChI=1S/C11H14O.C11H12O.C10H13NO.C10H12O2.2C10H12O.C10H10O.C9H10O2.C9H8O.C9H10S/c2*1-2-6-10-7-3-4-8-11(10)12-9-5-1;2*1-2-6-10-9(5-1)11-7-3-4-8-12-10;3*1-2-7-10-9(5-1)6-3-4-8-11-10;1-2-5-9-8(4-1)10-6-3-7-11-9;2*1-2-6-9-8(4-1)5-3-7-10-9/h3-4,7-8H,1-2,5-6,9H2;2-4,6-8H,1,5,9H2;1-2,5-6,11H,3-4,7-8H2;1-2,5-6H,3-4,7-8H2;2*1-2,5,7H,3-4,6,8H2;1-3,5-7H,4,8H2;1-2,4-5H,3,6-7H2;1-6H,7H2;1-2,4,6H,3,5,7H2. The monoisotopic (exact) mass is 1520 g/mol. The number of hydrogen-bond acceptors (Lipinski definition) is 13. The molecule has 0 saturated heterocycles. The van der Waals surface area contributed by atoms with Gasteiger partial charge in [0.15, 0.2) is 23.0 Å². The lowest BCUT2D eigenvalue weighted by atomic mass is 10.1. The van der Waals surface area contributed by atoms with E-state index in [1.165, 1.54) is 127 Å².